The molecule has 0 fully saturated rings. The van der Waals surface area contributed by atoms with E-state index in [2.05, 4.69) is 24.0 Å². The van der Waals surface area contributed by atoms with Crippen LogP contribution in [-0.4, -0.2) is 29.8 Å². The first-order valence-electron chi connectivity index (χ1n) is 12.2. The Morgan fingerprint density at radius 2 is 1.81 bits per heavy atom. The van der Waals surface area contributed by atoms with Crippen molar-refractivity contribution in [3.05, 3.63) is 73.6 Å². The molecule has 1 unspecified atom stereocenters. The lowest BCUT2D eigenvalue weighted by Crippen LogP contribution is -2.29. The molecule has 3 heterocycles. The molecule has 0 radical (unpaired) electrons. The highest BCUT2D eigenvalue weighted by Gasteiger charge is 2.45. The first-order valence-corrected chi connectivity index (χ1v) is 13.0. The van der Waals surface area contributed by atoms with Gasteiger partial charge in [-0.1, -0.05) is 31.3 Å². The number of fused-ring (bicyclic) bond motifs is 2. The summed E-state index contributed by atoms with van der Waals surface area (Å²) in [5, 5.41) is 9.87. The molecule has 1 amide bonds. The molecule has 2 aromatic heterocycles. The summed E-state index contributed by atoms with van der Waals surface area (Å²) in [4.78, 5) is 29.1. The molecule has 4 aromatic rings. The lowest BCUT2D eigenvalue weighted by Gasteiger charge is -2.23. The second-order valence-electron chi connectivity index (χ2n) is 9.73. The second-order valence-corrected chi connectivity index (χ2v) is 10.9. The number of aryl methyl sites for hydroxylation is 3. The van der Waals surface area contributed by atoms with Gasteiger partial charge in [0.05, 0.1) is 30.7 Å². The van der Waals surface area contributed by atoms with Crippen molar-refractivity contribution >= 4 is 33.3 Å². The molecule has 0 saturated heterocycles. The van der Waals surface area contributed by atoms with Crippen molar-refractivity contribution in [2.24, 2.45) is 5.92 Å². The van der Waals surface area contributed by atoms with Gasteiger partial charge in [-0.05, 0) is 74.1 Å². The van der Waals surface area contributed by atoms with E-state index in [1.165, 1.54) is 16.2 Å². The van der Waals surface area contributed by atoms with E-state index in [4.69, 9.17) is 13.9 Å². The first kappa shape index (κ1) is 25.0. The number of anilines is 1. The molecule has 37 heavy (non-hydrogen) atoms. The summed E-state index contributed by atoms with van der Waals surface area (Å²) in [5.74, 6) is 1.23. The van der Waals surface area contributed by atoms with Crippen molar-refractivity contribution in [1.29, 1.82) is 0 Å². The van der Waals surface area contributed by atoms with Crippen LogP contribution in [0.15, 0.2) is 39.5 Å². The van der Waals surface area contributed by atoms with E-state index in [1.54, 1.807) is 13.2 Å². The lowest BCUT2D eigenvalue weighted by molar-refractivity contribution is 0.0970. The summed E-state index contributed by atoms with van der Waals surface area (Å²) >= 11 is 1.28. The molecule has 0 saturated carbocycles. The molecule has 8 nitrogen and oxygen atoms in total. The maximum atomic E-state index is 13.9. The number of nitrogens with zero attached hydrogens (tertiary/aromatic N) is 3. The Morgan fingerprint density at radius 1 is 1.05 bits per heavy atom. The normalized spacial score (nSPS) is 15.1. The predicted octanol–water partition coefficient (Wildman–Crippen LogP) is 5.75. The number of aromatic nitrogens is 2. The fourth-order valence-corrected chi connectivity index (χ4v) is 5.22. The zero-order chi connectivity index (χ0) is 26.4. The fourth-order valence-electron chi connectivity index (χ4n) is 4.50. The molecule has 1 aliphatic rings. The van der Waals surface area contributed by atoms with Gasteiger partial charge in [0, 0.05) is 0 Å². The minimum absolute atomic E-state index is 0.0230. The molecule has 9 heteroatoms. The molecule has 5 rings (SSSR count). The first-order chi connectivity index (χ1) is 17.7. The third-order valence-electron chi connectivity index (χ3n) is 6.66. The number of benzene rings is 2. The number of hydrogen-bond acceptors (Lipinski definition) is 8. The quantitative estimate of drug-likeness (QED) is 0.307. The highest BCUT2D eigenvalue weighted by molar-refractivity contribution is 7.15. The highest BCUT2D eigenvalue weighted by atomic mass is 32.1. The van der Waals surface area contributed by atoms with E-state index in [-0.39, 0.29) is 16.8 Å². The Balaban J connectivity index is 1.69. The van der Waals surface area contributed by atoms with Gasteiger partial charge in [-0.15, -0.1) is 10.2 Å². The van der Waals surface area contributed by atoms with Crippen LogP contribution >= 0.6 is 11.3 Å². The van der Waals surface area contributed by atoms with Crippen LogP contribution in [0.1, 0.15) is 64.1 Å². The maximum Gasteiger partial charge on any atom is 0.297 e. The Morgan fingerprint density at radius 3 is 2.49 bits per heavy atom. The smallest absolute Gasteiger partial charge is 0.297 e. The Hall–Kier alpha value is -3.72. The van der Waals surface area contributed by atoms with E-state index >= 15 is 0 Å². The van der Waals surface area contributed by atoms with Gasteiger partial charge in [-0.2, -0.15) is 0 Å². The average Bonchev–Trinajstić information content (AvgIpc) is 3.41. The molecular formula is C28H29N3O5S. The minimum atomic E-state index is -0.754. The summed E-state index contributed by atoms with van der Waals surface area (Å²) in [6.45, 7) is 10.5. The number of amides is 1. The van der Waals surface area contributed by atoms with E-state index in [9.17, 15) is 9.59 Å². The number of rotatable bonds is 7. The molecule has 0 aliphatic carbocycles. The van der Waals surface area contributed by atoms with Gasteiger partial charge in [0.2, 0.25) is 10.9 Å². The standard InChI is InChI=1S/C28H29N3O5S/c1-14(2)9-10-35-20-8-7-18(13-22(20)34-6)24-23-25(32)19-11-15(3)16(4)12-21(19)36-26(23)27(33)31(24)28-30-29-17(5)37-28/h7-8,11-14,24H,9-10H2,1-6H3. The van der Waals surface area contributed by atoms with Gasteiger partial charge in [0.1, 0.15) is 10.6 Å². The van der Waals surface area contributed by atoms with Gasteiger partial charge in [-0.25, -0.2) is 0 Å². The molecule has 0 bridgehead atoms. The van der Waals surface area contributed by atoms with Crippen LogP contribution in [-0.2, 0) is 0 Å². The largest absolute Gasteiger partial charge is 0.493 e. The zero-order valence-corrected chi connectivity index (χ0v) is 22.6. The van der Waals surface area contributed by atoms with Gasteiger partial charge in [0.15, 0.2) is 16.9 Å². The molecule has 192 valence electrons. The van der Waals surface area contributed by atoms with Crippen LogP contribution in [0.4, 0.5) is 5.13 Å². The SMILES string of the molecule is COc1cc(C2c3c(oc4cc(C)c(C)cc4c3=O)C(=O)N2c2nnc(C)s2)ccc1OCCC(C)C. The van der Waals surface area contributed by atoms with Crippen LogP contribution in [0.25, 0.3) is 11.0 Å². The zero-order valence-electron chi connectivity index (χ0n) is 21.7. The van der Waals surface area contributed by atoms with E-state index in [1.807, 2.05) is 45.0 Å². The lowest BCUT2D eigenvalue weighted by atomic mass is 9.97. The third kappa shape index (κ3) is 4.37. The summed E-state index contributed by atoms with van der Waals surface area (Å²) in [6, 6.07) is 8.35. The number of methoxy groups -OCH3 is 1. The molecule has 1 aliphatic heterocycles. The number of ether oxygens (including phenoxy) is 2. The number of hydrogen-bond donors (Lipinski definition) is 0. The molecular weight excluding hydrogens is 490 g/mol. The average molecular weight is 520 g/mol. The van der Waals surface area contributed by atoms with Crippen molar-refractivity contribution in [3.63, 3.8) is 0 Å². The van der Waals surface area contributed by atoms with E-state index in [0.29, 0.717) is 50.7 Å². The maximum absolute atomic E-state index is 13.9. The molecule has 1 atom stereocenters. The van der Waals surface area contributed by atoms with Crippen LogP contribution in [0, 0.1) is 26.7 Å². The van der Waals surface area contributed by atoms with Crippen molar-refractivity contribution in [2.75, 3.05) is 18.6 Å². The minimum Gasteiger partial charge on any atom is -0.493 e. The molecule has 0 spiro atoms. The molecule has 0 N–H and O–H groups in total. The van der Waals surface area contributed by atoms with Crippen molar-refractivity contribution in [2.45, 2.75) is 47.1 Å². The van der Waals surface area contributed by atoms with Crippen LogP contribution < -0.4 is 19.8 Å². The molecule has 2 aromatic carbocycles. The van der Waals surface area contributed by atoms with Gasteiger partial charge in [0.25, 0.3) is 5.91 Å². The monoisotopic (exact) mass is 519 g/mol. The van der Waals surface area contributed by atoms with E-state index in [0.717, 1.165) is 17.5 Å². The number of carbonyl (C=O) groups is 1. The summed E-state index contributed by atoms with van der Waals surface area (Å²) in [5.41, 5.74) is 3.07. The Kier molecular flexibility index (Phi) is 6.49. The van der Waals surface area contributed by atoms with Gasteiger partial charge in [-0.3, -0.25) is 14.5 Å². The number of carbonyl (C=O) groups excluding carboxylic acids is 1. The Labute approximate surface area is 218 Å². The van der Waals surface area contributed by atoms with Crippen LogP contribution in [0.5, 0.6) is 11.5 Å². The van der Waals surface area contributed by atoms with Crippen molar-refractivity contribution in [3.8, 4) is 11.5 Å². The van der Waals surface area contributed by atoms with Crippen LogP contribution in [0.2, 0.25) is 0 Å². The van der Waals surface area contributed by atoms with Gasteiger partial charge >= 0.3 is 0 Å². The predicted molar refractivity (Wildman–Crippen MR) is 143 cm³/mol. The van der Waals surface area contributed by atoms with Crippen molar-refractivity contribution in [1.82, 2.24) is 10.2 Å². The third-order valence-corrected chi connectivity index (χ3v) is 7.50. The van der Waals surface area contributed by atoms with Gasteiger partial charge < -0.3 is 13.9 Å². The second kappa shape index (κ2) is 9.63. The summed E-state index contributed by atoms with van der Waals surface area (Å²) in [6.07, 6.45) is 0.909. The Bertz CT molecular complexity index is 1570. The topological polar surface area (TPSA) is 94.8 Å². The fraction of sp³-hybridized carbons (Fsp3) is 0.357. The van der Waals surface area contributed by atoms with Crippen molar-refractivity contribution < 1.29 is 18.7 Å². The summed E-state index contributed by atoms with van der Waals surface area (Å²) < 4.78 is 17.7. The summed E-state index contributed by atoms with van der Waals surface area (Å²) in [7, 11) is 1.57. The van der Waals surface area contributed by atoms with Crippen LogP contribution in [0.3, 0.4) is 0 Å². The van der Waals surface area contributed by atoms with E-state index < -0.39 is 11.9 Å². The highest BCUT2D eigenvalue weighted by Crippen LogP contribution is 2.44.